The fourth-order valence-electron chi connectivity index (χ4n) is 2.18. The maximum atomic E-state index is 5.86. The minimum atomic E-state index is 0.623. The summed E-state index contributed by atoms with van der Waals surface area (Å²) in [5.41, 5.74) is 3.01. The lowest BCUT2D eigenvalue weighted by atomic mass is 10.3. The van der Waals surface area contributed by atoms with Gasteiger partial charge in [-0.15, -0.1) is 16.5 Å². The molecule has 0 bridgehead atoms. The molecule has 112 valence electrons. The molecule has 3 heterocycles. The van der Waals surface area contributed by atoms with Gasteiger partial charge < -0.3 is 0 Å². The molecule has 23 heavy (non-hydrogen) atoms. The number of azo groups is 1. The standard InChI is InChI=1S/C16H10ClN5S/c17-11-3-5-12(6-4-11)20-21-13-10-19-22-14(7-8-18-16(13)22)15-2-1-9-23-15/h1-10H. The van der Waals surface area contributed by atoms with E-state index in [0.29, 0.717) is 16.4 Å². The molecule has 0 aliphatic carbocycles. The highest BCUT2D eigenvalue weighted by Crippen LogP contribution is 2.28. The van der Waals surface area contributed by atoms with Crippen molar-refractivity contribution in [2.24, 2.45) is 10.2 Å². The van der Waals surface area contributed by atoms with Crippen LogP contribution in [0.3, 0.4) is 0 Å². The largest absolute Gasteiger partial charge is 0.235 e. The van der Waals surface area contributed by atoms with Crippen LogP contribution in [-0.2, 0) is 0 Å². The van der Waals surface area contributed by atoms with Crippen molar-refractivity contribution in [1.82, 2.24) is 14.6 Å². The number of rotatable bonds is 3. The van der Waals surface area contributed by atoms with Crippen LogP contribution in [0.4, 0.5) is 11.4 Å². The molecule has 3 aromatic heterocycles. The number of thiophene rings is 1. The molecule has 0 fully saturated rings. The van der Waals surface area contributed by atoms with Gasteiger partial charge >= 0.3 is 0 Å². The van der Waals surface area contributed by atoms with E-state index in [-0.39, 0.29) is 0 Å². The fourth-order valence-corrected chi connectivity index (χ4v) is 3.04. The maximum Gasteiger partial charge on any atom is 0.183 e. The van der Waals surface area contributed by atoms with Gasteiger partial charge in [0.2, 0.25) is 0 Å². The van der Waals surface area contributed by atoms with Crippen LogP contribution in [-0.4, -0.2) is 14.6 Å². The van der Waals surface area contributed by atoms with Gasteiger partial charge in [-0.05, 0) is 41.8 Å². The number of aromatic nitrogens is 3. The minimum Gasteiger partial charge on any atom is -0.235 e. The molecule has 7 heteroatoms. The molecule has 0 atom stereocenters. The highest BCUT2D eigenvalue weighted by atomic mass is 35.5. The second-order valence-electron chi connectivity index (χ2n) is 4.75. The number of halogens is 1. The van der Waals surface area contributed by atoms with Gasteiger partial charge in [-0.2, -0.15) is 10.2 Å². The number of fused-ring (bicyclic) bond motifs is 1. The summed E-state index contributed by atoms with van der Waals surface area (Å²) < 4.78 is 1.78. The Hall–Kier alpha value is -2.57. The van der Waals surface area contributed by atoms with Crippen LogP contribution in [0, 0.1) is 0 Å². The first-order chi connectivity index (χ1) is 11.3. The Morgan fingerprint density at radius 1 is 1.04 bits per heavy atom. The molecule has 0 saturated carbocycles. The number of nitrogens with zero attached hydrogens (tertiary/aromatic N) is 5. The summed E-state index contributed by atoms with van der Waals surface area (Å²) in [4.78, 5) is 5.49. The van der Waals surface area contributed by atoms with Crippen molar-refractivity contribution < 1.29 is 0 Å². The Morgan fingerprint density at radius 2 is 1.91 bits per heavy atom. The summed E-state index contributed by atoms with van der Waals surface area (Å²) in [5, 5.41) is 15.6. The van der Waals surface area contributed by atoms with Gasteiger partial charge in [-0.1, -0.05) is 17.7 Å². The van der Waals surface area contributed by atoms with Crippen LogP contribution in [0.15, 0.2) is 70.5 Å². The minimum absolute atomic E-state index is 0.623. The first-order valence-electron chi connectivity index (χ1n) is 6.85. The lowest BCUT2D eigenvalue weighted by Gasteiger charge is -2.00. The van der Waals surface area contributed by atoms with Crippen molar-refractivity contribution in [3.63, 3.8) is 0 Å². The van der Waals surface area contributed by atoms with Crippen LogP contribution < -0.4 is 0 Å². The molecule has 0 spiro atoms. The molecule has 0 amide bonds. The van der Waals surface area contributed by atoms with Crippen LogP contribution in [0.5, 0.6) is 0 Å². The van der Waals surface area contributed by atoms with Crippen LogP contribution in [0.1, 0.15) is 0 Å². The summed E-state index contributed by atoms with van der Waals surface area (Å²) in [6.07, 6.45) is 3.42. The van der Waals surface area contributed by atoms with E-state index in [1.807, 2.05) is 29.6 Å². The van der Waals surface area contributed by atoms with Crippen molar-refractivity contribution in [2.75, 3.05) is 0 Å². The summed E-state index contributed by atoms with van der Waals surface area (Å²) >= 11 is 7.52. The highest BCUT2D eigenvalue weighted by Gasteiger charge is 2.10. The second-order valence-corrected chi connectivity index (χ2v) is 6.13. The average Bonchev–Trinajstić information content (AvgIpc) is 3.24. The topological polar surface area (TPSA) is 54.9 Å². The lowest BCUT2D eigenvalue weighted by Crippen LogP contribution is -1.93. The third-order valence-corrected chi connectivity index (χ3v) is 4.40. The van der Waals surface area contributed by atoms with Gasteiger partial charge in [0.05, 0.1) is 22.5 Å². The Kier molecular flexibility index (Phi) is 3.61. The van der Waals surface area contributed by atoms with E-state index < -0.39 is 0 Å². The van der Waals surface area contributed by atoms with E-state index in [9.17, 15) is 0 Å². The first-order valence-corrected chi connectivity index (χ1v) is 8.11. The molecule has 4 aromatic rings. The van der Waals surface area contributed by atoms with Gasteiger partial charge in [-0.3, -0.25) is 0 Å². The Morgan fingerprint density at radius 3 is 2.70 bits per heavy atom. The molecule has 4 rings (SSSR count). The summed E-state index contributed by atoms with van der Waals surface area (Å²) in [7, 11) is 0. The third kappa shape index (κ3) is 2.74. The molecule has 1 aromatic carbocycles. The van der Waals surface area contributed by atoms with E-state index >= 15 is 0 Å². The zero-order valence-electron chi connectivity index (χ0n) is 11.8. The Labute approximate surface area is 140 Å². The summed E-state index contributed by atoms with van der Waals surface area (Å²) in [6.45, 7) is 0. The molecule has 0 unspecified atom stereocenters. The first kappa shape index (κ1) is 14.0. The zero-order chi connectivity index (χ0) is 15.6. The van der Waals surface area contributed by atoms with Crippen molar-refractivity contribution in [2.45, 2.75) is 0 Å². The van der Waals surface area contributed by atoms with Crippen molar-refractivity contribution >= 4 is 40.0 Å². The van der Waals surface area contributed by atoms with E-state index in [0.717, 1.165) is 16.3 Å². The van der Waals surface area contributed by atoms with Crippen molar-refractivity contribution in [3.05, 3.63) is 65.3 Å². The lowest BCUT2D eigenvalue weighted by molar-refractivity contribution is 0.950. The van der Waals surface area contributed by atoms with Gasteiger partial charge in [0, 0.05) is 11.2 Å². The second kappa shape index (κ2) is 5.91. The highest BCUT2D eigenvalue weighted by molar-refractivity contribution is 7.13. The summed E-state index contributed by atoms with van der Waals surface area (Å²) in [6, 6.07) is 13.2. The van der Waals surface area contributed by atoms with E-state index in [1.165, 1.54) is 0 Å². The predicted molar refractivity (Wildman–Crippen MR) is 91.9 cm³/mol. The van der Waals surface area contributed by atoms with Crippen LogP contribution in [0.25, 0.3) is 16.2 Å². The Balaban J connectivity index is 1.74. The smallest absolute Gasteiger partial charge is 0.183 e. The number of hydrogen-bond donors (Lipinski definition) is 0. The molecular formula is C16H10ClN5S. The van der Waals surface area contributed by atoms with Crippen molar-refractivity contribution in [1.29, 1.82) is 0 Å². The van der Waals surface area contributed by atoms with E-state index in [4.69, 9.17) is 11.6 Å². The SMILES string of the molecule is Clc1ccc(N=Nc2cnn3c(-c4cccs4)ccnc23)cc1. The number of hydrogen-bond acceptors (Lipinski definition) is 5. The summed E-state index contributed by atoms with van der Waals surface area (Å²) in [5.74, 6) is 0. The molecule has 0 aliphatic rings. The van der Waals surface area contributed by atoms with E-state index in [2.05, 4.69) is 26.4 Å². The quantitative estimate of drug-likeness (QED) is 0.461. The average molecular weight is 340 g/mol. The Bertz CT molecular complexity index is 974. The van der Waals surface area contributed by atoms with Gasteiger partial charge in [0.15, 0.2) is 11.3 Å². The van der Waals surface area contributed by atoms with Crippen LogP contribution in [0.2, 0.25) is 5.02 Å². The molecular weight excluding hydrogens is 330 g/mol. The molecule has 0 radical (unpaired) electrons. The third-order valence-electron chi connectivity index (χ3n) is 3.26. The van der Waals surface area contributed by atoms with E-state index in [1.54, 1.807) is 40.4 Å². The van der Waals surface area contributed by atoms with Crippen LogP contribution >= 0.6 is 22.9 Å². The zero-order valence-corrected chi connectivity index (χ0v) is 13.4. The molecule has 0 aliphatic heterocycles. The van der Waals surface area contributed by atoms with Gasteiger partial charge in [0.1, 0.15) is 0 Å². The normalized spacial score (nSPS) is 11.5. The van der Waals surface area contributed by atoms with Crippen molar-refractivity contribution in [3.8, 4) is 10.6 Å². The maximum absolute atomic E-state index is 5.86. The monoisotopic (exact) mass is 339 g/mol. The molecule has 5 nitrogen and oxygen atoms in total. The predicted octanol–water partition coefficient (Wildman–Crippen LogP) is 5.53. The van der Waals surface area contributed by atoms with Gasteiger partial charge in [0.25, 0.3) is 0 Å². The number of benzene rings is 1. The fraction of sp³-hybridized carbons (Fsp3) is 0. The molecule has 0 N–H and O–H groups in total. The van der Waals surface area contributed by atoms with Gasteiger partial charge in [-0.25, -0.2) is 9.50 Å². The molecule has 0 saturated heterocycles.